The number of nitrogens with zero attached hydrogens (tertiary/aromatic N) is 3. The molecule has 166 valence electrons. The van der Waals surface area contributed by atoms with E-state index in [1.54, 1.807) is 0 Å². The van der Waals surface area contributed by atoms with Crippen molar-refractivity contribution in [2.24, 2.45) is 5.92 Å². The molecule has 4 heterocycles. The summed E-state index contributed by atoms with van der Waals surface area (Å²) in [5.41, 5.74) is 6.40. The first-order valence-electron chi connectivity index (χ1n) is 11.6. The lowest BCUT2D eigenvalue weighted by Gasteiger charge is -2.20. The zero-order valence-corrected chi connectivity index (χ0v) is 18.8. The van der Waals surface area contributed by atoms with E-state index in [0.29, 0.717) is 24.9 Å². The van der Waals surface area contributed by atoms with Gasteiger partial charge in [0.1, 0.15) is 11.6 Å². The number of amides is 1. The summed E-state index contributed by atoms with van der Waals surface area (Å²) in [6.45, 7) is 8.14. The van der Waals surface area contributed by atoms with Crippen LogP contribution in [0.5, 0.6) is 5.88 Å². The summed E-state index contributed by atoms with van der Waals surface area (Å²) in [6, 6.07) is 9.08. The predicted molar refractivity (Wildman–Crippen MR) is 124 cm³/mol. The molecule has 1 saturated carbocycles. The van der Waals surface area contributed by atoms with Crippen molar-refractivity contribution in [3.63, 3.8) is 0 Å². The monoisotopic (exact) mass is 431 g/mol. The third kappa shape index (κ3) is 3.22. The Balaban J connectivity index is 1.41. The van der Waals surface area contributed by atoms with Gasteiger partial charge in [0.05, 0.1) is 17.5 Å². The average molecular weight is 432 g/mol. The zero-order chi connectivity index (χ0) is 22.0. The fraction of sp³-hybridized carbons (Fsp3) is 0.480. The fourth-order valence-electron chi connectivity index (χ4n) is 4.97. The van der Waals surface area contributed by atoms with Gasteiger partial charge in [-0.1, -0.05) is 26.0 Å². The summed E-state index contributed by atoms with van der Waals surface area (Å²) in [6.07, 6.45) is 4.62. The first-order chi connectivity index (χ1) is 15.4. The van der Waals surface area contributed by atoms with Crippen molar-refractivity contribution < 1.29 is 9.53 Å². The molecule has 2 N–H and O–H groups in total. The normalized spacial score (nSPS) is 22.5. The first-order valence-corrected chi connectivity index (χ1v) is 11.6. The molecular formula is C25H29N5O2. The van der Waals surface area contributed by atoms with E-state index in [0.717, 1.165) is 41.7 Å². The van der Waals surface area contributed by atoms with E-state index in [1.807, 2.05) is 13.3 Å². The summed E-state index contributed by atoms with van der Waals surface area (Å²) in [5.74, 6) is 0.850. The maximum atomic E-state index is 11.7. The SMILES string of the molecule is CC(Oc1nc(-c2ccc3c(c2)NCC3(C)C)cc2ncn(C3CC3)c12)C1CNC(=O)C1. The number of anilines is 1. The average Bonchev–Trinajstić information content (AvgIpc) is 3.23. The number of carbonyl (C=O) groups excluding carboxylic acids is 1. The number of imidazole rings is 1. The molecule has 6 rings (SSSR count). The molecule has 2 aliphatic heterocycles. The third-order valence-corrected chi connectivity index (χ3v) is 7.20. The van der Waals surface area contributed by atoms with E-state index in [1.165, 1.54) is 11.3 Å². The van der Waals surface area contributed by atoms with Gasteiger partial charge in [0.25, 0.3) is 0 Å². The smallest absolute Gasteiger partial charge is 0.241 e. The van der Waals surface area contributed by atoms with Crippen LogP contribution in [0, 0.1) is 5.92 Å². The number of ether oxygens (including phenoxy) is 1. The molecule has 2 fully saturated rings. The van der Waals surface area contributed by atoms with Gasteiger partial charge in [-0.2, -0.15) is 0 Å². The third-order valence-electron chi connectivity index (χ3n) is 7.20. The van der Waals surface area contributed by atoms with Crippen LogP contribution < -0.4 is 15.4 Å². The highest BCUT2D eigenvalue weighted by Gasteiger charge is 2.32. The maximum absolute atomic E-state index is 11.7. The molecule has 2 atom stereocenters. The van der Waals surface area contributed by atoms with Crippen LogP contribution in [0.25, 0.3) is 22.3 Å². The summed E-state index contributed by atoms with van der Waals surface area (Å²) >= 11 is 0. The molecule has 3 aliphatic rings. The number of benzene rings is 1. The minimum absolute atomic E-state index is 0.0916. The molecule has 0 radical (unpaired) electrons. The van der Waals surface area contributed by atoms with Crippen LogP contribution in [0.4, 0.5) is 5.69 Å². The zero-order valence-electron chi connectivity index (χ0n) is 18.8. The Morgan fingerprint density at radius 2 is 2.06 bits per heavy atom. The molecule has 1 aromatic carbocycles. The van der Waals surface area contributed by atoms with Crippen LogP contribution in [0.2, 0.25) is 0 Å². The Hall–Kier alpha value is -3.09. The Morgan fingerprint density at radius 1 is 1.22 bits per heavy atom. The summed E-state index contributed by atoms with van der Waals surface area (Å²) in [5, 5.41) is 6.45. The topological polar surface area (TPSA) is 81.1 Å². The lowest BCUT2D eigenvalue weighted by atomic mass is 9.86. The number of pyridine rings is 1. The summed E-state index contributed by atoms with van der Waals surface area (Å²) in [4.78, 5) is 21.4. The van der Waals surface area contributed by atoms with Crippen LogP contribution >= 0.6 is 0 Å². The van der Waals surface area contributed by atoms with E-state index >= 15 is 0 Å². The van der Waals surface area contributed by atoms with Gasteiger partial charge in [0, 0.05) is 48.1 Å². The second-order valence-electron chi connectivity index (χ2n) is 10.2. The predicted octanol–water partition coefficient (Wildman–Crippen LogP) is 4.04. The van der Waals surface area contributed by atoms with Crippen LogP contribution in [-0.2, 0) is 10.2 Å². The second-order valence-corrected chi connectivity index (χ2v) is 10.2. The molecular weight excluding hydrogens is 402 g/mol. The van der Waals surface area contributed by atoms with Gasteiger partial charge in [0.2, 0.25) is 11.8 Å². The minimum Gasteiger partial charge on any atom is -0.473 e. The van der Waals surface area contributed by atoms with Gasteiger partial charge in [-0.15, -0.1) is 0 Å². The van der Waals surface area contributed by atoms with Crippen LogP contribution in [0.3, 0.4) is 0 Å². The Kier molecular flexibility index (Phi) is 4.26. The van der Waals surface area contributed by atoms with Crippen molar-refractivity contribution in [2.45, 2.75) is 57.6 Å². The van der Waals surface area contributed by atoms with Gasteiger partial charge in [-0.3, -0.25) is 4.79 Å². The number of hydrogen-bond acceptors (Lipinski definition) is 5. The van der Waals surface area contributed by atoms with Crippen molar-refractivity contribution in [2.75, 3.05) is 18.4 Å². The molecule has 0 spiro atoms. The Bertz CT molecular complexity index is 1230. The van der Waals surface area contributed by atoms with Crippen molar-refractivity contribution in [3.05, 3.63) is 36.2 Å². The lowest BCUT2D eigenvalue weighted by molar-refractivity contribution is -0.119. The van der Waals surface area contributed by atoms with E-state index in [2.05, 4.69) is 53.3 Å². The molecule has 1 aliphatic carbocycles. The Labute approximate surface area is 187 Å². The van der Waals surface area contributed by atoms with Crippen LogP contribution in [-0.4, -0.2) is 39.6 Å². The second kappa shape index (κ2) is 6.95. The number of aromatic nitrogens is 3. The largest absolute Gasteiger partial charge is 0.473 e. The maximum Gasteiger partial charge on any atom is 0.241 e. The van der Waals surface area contributed by atoms with Gasteiger partial charge >= 0.3 is 0 Å². The molecule has 2 aromatic heterocycles. The lowest BCUT2D eigenvalue weighted by Crippen LogP contribution is -2.26. The van der Waals surface area contributed by atoms with Crippen molar-refractivity contribution in [1.82, 2.24) is 19.9 Å². The quantitative estimate of drug-likeness (QED) is 0.637. The number of nitrogens with one attached hydrogen (secondary N) is 2. The highest BCUT2D eigenvalue weighted by atomic mass is 16.5. The molecule has 2 unspecified atom stereocenters. The number of hydrogen-bond donors (Lipinski definition) is 2. The first kappa shape index (κ1) is 19.6. The van der Waals surface area contributed by atoms with Crippen LogP contribution in [0.15, 0.2) is 30.6 Å². The fourth-order valence-corrected chi connectivity index (χ4v) is 4.97. The van der Waals surface area contributed by atoms with Crippen molar-refractivity contribution in [3.8, 4) is 17.1 Å². The number of carbonyl (C=O) groups is 1. The number of fused-ring (bicyclic) bond motifs is 2. The standard InChI is InChI=1S/C25H29N5O2/c1-14(16-9-22(31)26-11-16)32-24-23-21(28-13-30(23)17-5-6-17)10-19(29-24)15-4-7-18-20(8-15)27-12-25(18,2)3/h4,7-8,10,13-14,16-17,27H,5-6,9,11-12H2,1-3H3,(H,26,31). The van der Waals surface area contributed by atoms with Crippen LogP contribution in [0.1, 0.15) is 51.6 Å². The van der Waals surface area contributed by atoms with E-state index in [4.69, 9.17) is 14.7 Å². The highest BCUT2D eigenvalue weighted by Crippen LogP contribution is 2.42. The van der Waals surface area contributed by atoms with Gasteiger partial charge in [-0.25, -0.2) is 9.97 Å². The molecule has 1 amide bonds. The van der Waals surface area contributed by atoms with E-state index in [9.17, 15) is 4.79 Å². The molecule has 7 nitrogen and oxygen atoms in total. The van der Waals surface area contributed by atoms with E-state index in [-0.39, 0.29) is 23.3 Å². The molecule has 7 heteroatoms. The van der Waals surface area contributed by atoms with Gasteiger partial charge < -0.3 is 19.9 Å². The molecule has 32 heavy (non-hydrogen) atoms. The minimum atomic E-state index is -0.120. The molecule has 0 bridgehead atoms. The van der Waals surface area contributed by atoms with E-state index < -0.39 is 0 Å². The summed E-state index contributed by atoms with van der Waals surface area (Å²) < 4.78 is 8.65. The highest BCUT2D eigenvalue weighted by molar-refractivity contribution is 5.85. The number of rotatable bonds is 5. The summed E-state index contributed by atoms with van der Waals surface area (Å²) in [7, 11) is 0. The Morgan fingerprint density at radius 3 is 2.81 bits per heavy atom. The molecule has 1 saturated heterocycles. The van der Waals surface area contributed by atoms with Crippen molar-refractivity contribution in [1.29, 1.82) is 0 Å². The van der Waals surface area contributed by atoms with Gasteiger partial charge in [-0.05, 0) is 37.5 Å². The molecule has 3 aromatic rings. The van der Waals surface area contributed by atoms with Crippen molar-refractivity contribution >= 4 is 22.6 Å². The van der Waals surface area contributed by atoms with Gasteiger partial charge in [0.15, 0.2) is 0 Å².